The number of aromatic nitrogens is 3. The van der Waals surface area contributed by atoms with Crippen LogP contribution in [0, 0.1) is 10.1 Å². The fourth-order valence-corrected chi connectivity index (χ4v) is 5.27. The number of hydrazone groups is 1. The number of nitro groups is 1. The summed E-state index contributed by atoms with van der Waals surface area (Å²) in [4.78, 5) is 22.9. The van der Waals surface area contributed by atoms with Crippen LogP contribution in [0.5, 0.6) is 11.5 Å². The Balaban J connectivity index is 1.50. The van der Waals surface area contributed by atoms with Crippen LogP contribution < -0.4 is 15.5 Å². The zero-order valence-corrected chi connectivity index (χ0v) is 25.0. The molecule has 0 atom stereocenters. The van der Waals surface area contributed by atoms with Gasteiger partial charge in [-0.25, -0.2) is 5.43 Å². The number of methoxy groups -OCH3 is 1. The van der Waals surface area contributed by atoms with Gasteiger partial charge in [-0.05, 0) is 36.4 Å². The summed E-state index contributed by atoms with van der Waals surface area (Å²) in [5.41, 5.74) is 3.18. The Morgan fingerprint density at radius 2 is 2.02 bits per heavy atom. The molecule has 4 aromatic rings. The number of nitro benzene ring substituents is 1. The number of amides is 1. The molecule has 0 fully saturated rings. The molecule has 3 N–H and O–H groups in total. The van der Waals surface area contributed by atoms with E-state index in [1.165, 1.54) is 6.07 Å². The summed E-state index contributed by atoms with van der Waals surface area (Å²) < 4.78 is 7.46. The van der Waals surface area contributed by atoms with Crippen LogP contribution in [0.1, 0.15) is 11.4 Å². The maximum atomic E-state index is 12.5. The smallest absolute Gasteiger partial charge is 0.312 e. The van der Waals surface area contributed by atoms with Crippen LogP contribution in [0.2, 0.25) is 10.0 Å². The molecule has 16 heteroatoms. The largest absolute Gasteiger partial charge is 0.502 e. The lowest BCUT2D eigenvalue weighted by Gasteiger charge is -2.14. The van der Waals surface area contributed by atoms with Crippen LogP contribution in [0.4, 0.5) is 11.4 Å². The molecule has 41 heavy (non-hydrogen) atoms. The first kappa shape index (κ1) is 30.1. The van der Waals surface area contributed by atoms with Crippen molar-refractivity contribution in [2.75, 3.05) is 18.2 Å². The molecule has 1 aromatic heterocycles. The summed E-state index contributed by atoms with van der Waals surface area (Å²) >= 11 is 16.8. The number of hydrogen-bond acceptors (Lipinski definition) is 10. The Hall–Kier alpha value is -3.85. The SMILES string of the molecule is COc1ccccc1NCc1nnc(SCC(=O)NN=Cc2cc(Br)cc([N+](=O)[O-])c2O)n1-c1ccc(Cl)cc1Cl. The van der Waals surface area contributed by atoms with E-state index >= 15 is 0 Å². The maximum Gasteiger partial charge on any atom is 0.312 e. The van der Waals surface area contributed by atoms with E-state index in [4.69, 9.17) is 27.9 Å². The molecule has 0 bridgehead atoms. The quantitative estimate of drug-likeness (QED) is 0.0769. The summed E-state index contributed by atoms with van der Waals surface area (Å²) in [5, 5.41) is 38.0. The fraction of sp³-hybridized carbons (Fsp3) is 0.120. The van der Waals surface area contributed by atoms with Crippen LogP contribution in [0.3, 0.4) is 0 Å². The summed E-state index contributed by atoms with van der Waals surface area (Å²) in [6.07, 6.45) is 1.10. The average molecular weight is 681 g/mol. The Labute approximate surface area is 256 Å². The average Bonchev–Trinajstić information content (AvgIpc) is 3.34. The van der Waals surface area contributed by atoms with Gasteiger partial charge in [0.25, 0.3) is 5.91 Å². The lowest BCUT2D eigenvalue weighted by molar-refractivity contribution is -0.385. The highest BCUT2D eigenvalue weighted by atomic mass is 79.9. The van der Waals surface area contributed by atoms with Gasteiger partial charge >= 0.3 is 5.69 Å². The van der Waals surface area contributed by atoms with Gasteiger partial charge in [-0.3, -0.25) is 19.5 Å². The number of para-hydroxylation sites is 2. The van der Waals surface area contributed by atoms with Crippen molar-refractivity contribution in [1.29, 1.82) is 0 Å². The van der Waals surface area contributed by atoms with Gasteiger partial charge in [-0.2, -0.15) is 5.10 Å². The second-order valence-corrected chi connectivity index (χ2v) is 10.8. The molecule has 0 radical (unpaired) electrons. The monoisotopic (exact) mass is 679 g/mol. The second-order valence-electron chi connectivity index (χ2n) is 8.09. The number of phenols is 1. The Kier molecular flexibility index (Phi) is 10.0. The van der Waals surface area contributed by atoms with Crippen molar-refractivity contribution in [2.24, 2.45) is 5.10 Å². The summed E-state index contributed by atoms with van der Waals surface area (Å²) in [5.74, 6) is -0.0208. The minimum Gasteiger partial charge on any atom is -0.502 e. The summed E-state index contributed by atoms with van der Waals surface area (Å²) in [6, 6.07) is 15.0. The second kappa shape index (κ2) is 13.7. The van der Waals surface area contributed by atoms with Crippen LogP contribution in [0.25, 0.3) is 5.69 Å². The minimum absolute atomic E-state index is 0.0448. The van der Waals surface area contributed by atoms with E-state index in [9.17, 15) is 20.0 Å². The number of carbonyl (C=O) groups is 1. The first-order chi connectivity index (χ1) is 19.7. The van der Waals surface area contributed by atoms with Crippen molar-refractivity contribution in [1.82, 2.24) is 20.2 Å². The topological polar surface area (TPSA) is 157 Å². The number of anilines is 1. The summed E-state index contributed by atoms with van der Waals surface area (Å²) in [6.45, 7) is 0.256. The van der Waals surface area contributed by atoms with E-state index in [1.807, 2.05) is 24.3 Å². The molecule has 0 unspecified atom stereocenters. The number of thioether (sulfide) groups is 1. The van der Waals surface area contributed by atoms with Gasteiger partial charge in [0.15, 0.2) is 11.0 Å². The van der Waals surface area contributed by atoms with Gasteiger partial charge in [0, 0.05) is 21.1 Å². The Bertz CT molecular complexity index is 1640. The van der Waals surface area contributed by atoms with Crippen LogP contribution in [0.15, 0.2) is 69.3 Å². The van der Waals surface area contributed by atoms with Crippen molar-refractivity contribution >= 4 is 74.4 Å². The molecule has 3 aromatic carbocycles. The lowest BCUT2D eigenvalue weighted by Crippen LogP contribution is -2.20. The predicted molar refractivity (Wildman–Crippen MR) is 161 cm³/mol. The number of halogens is 3. The van der Waals surface area contributed by atoms with Crippen molar-refractivity contribution in [3.8, 4) is 17.2 Å². The number of nitrogens with zero attached hydrogens (tertiary/aromatic N) is 5. The summed E-state index contributed by atoms with van der Waals surface area (Å²) in [7, 11) is 1.58. The molecule has 212 valence electrons. The van der Waals surface area contributed by atoms with Gasteiger partial charge in [0.1, 0.15) is 5.75 Å². The van der Waals surface area contributed by atoms with Gasteiger partial charge in [0.05, 0.1) is 46.9 Å². The first-order valence-electron chi connectivity index (χ1n) is 11.6. The molecular weight excluding hydrogens is 661 g/mol. The highest BCUT2D eigenvalue weighted by Gasteiger charge is 2.20. The number of carbonyl (C=O) groups excluding carboxylic acids is 1. The molecule has 1 amide bonds. The molecular formula is C25H20BrCl2N7O5S. The molecule has 0 aliphatic carbocycles. The highest BCUT2D eigenvalue weighted by molar-refractivity contribution is 9.10. The number of rotatable bonds is 11. The van der Waals surface area contributed by atoms with Gasteiger partial charge in [-0.1, -0.05) is 63.0 Å². The number of phenolic OH excluding ortho intramolecular Hbond substituents is 1. The van der Waals surface area contributed by atoms with Crippen molar-refractivity contribution in [2.45, 2.75) is 11.7 Å². The maximum absolute atomic E-state index is 12.5. The Morgan fingerprint density at radius 1 is 1.24 bits per heavy atom. The van der Waals surface area contributed by atoms with E-state index in [0.717, 1.165) is 29.7 Å². The number of aromatic hydroxyl groups is 1. The van der Waals surface area contributed by atoms with E-state index in [2.05, 4.69) is 42.0 Å². The lowest BCUT2D eigenvalue weighted by atomic mass is 10.2. The number of nitrogens with one attached hydrogen (secondary N) is 2. The zero-order chi connectivity index (χ0) is 29.5. The number of hydrogen-bond donors (Lipinski definition) is 3. The standard InChI is InChI=1S/C25H20BrCl2N7O5S/c1-40-21-5-3-2-4-18(21)29-12-22-31-33-25(34(22)19-7-6-16(27)10-17(19)28)41-13-23(36)32-30-11-14-8-15(26)9-20(24(14)37)35(38)39/h2-11,29,37H,12-13H2,1H3,(H,32,36). The van der Waals surface area contributed by atoms with Gasteiger partial charge in [0.2, 0.25) is 5.75 Å². The minimum atomic E-state index is -0.726. The zero-order valence-electron chi connectivity index (χ0n) is 21.0. The molecule has 0 aliphatic rings. The molecule has 0 aliphatic heterocycles. The van der Waals surface area contributed by atoms with E-state index in [-0.39, 0.29) is 17.9 Å². The van der Waals surface area contributed by atoms with Crippen molar-refractivity contribution < 1.29 is 19.6 Å². The Morgan fingerprint density at radius 3 is 2.76 bits per heavy atom. The van der Waals surface area contributed by atoms with Crippen LogP contribution in [-0.2, 0) is 11.3 Å². The molecule has 12 nitrogen and oxygen atoms in total. The van der Waals surface area contributed by atoms with Gasteiger partial charge in [-0.15, -0.1) is 10.2 Å². The van der Waals surface area contributed by atoms with Crippen molar-refractivity contribution in [3.63, 3.8) is 0 Å². The van der Waals surface area contributed by atoms with Gasteiger partial charge < -0.3 is 15.2 Å². The first-order valence-corrected chi connectivity index (χ1v) is 14.1. The van der Waals surface area contributed by atoms with E-state index < -0.39 is 22.3 Å². The third-order valence-electron chi connectivity index (χ3n) is 5.40. The van der Waals surface area contributed by atoms with Crippen molar-refractivity contribution in [3.05, 3.63) is 90.6 Å². The number of benzene rings is 3. The third kappa shape index (κ3) is 7.47. The highest BCUT2D eigenvalue weighted by Crippen LogP contribution is 2.33. The molecule has 0 saturated carbocycles. The molecule has 0 saturated heterocycles. The molecule has 0 spiro atoms. The van der Waals surface area contributed by atoms with E-state index in [0.29, 0.717) is 36.9 Å². The number of ether oxygens (including phenoxy) is 1. The van der Waals surface area contributed by atoms with E-state index in [1.54, 1.807) is 29.9 Å². The molecule has 1 heterocycles. The molecule has 4 rings (SSSR count). The van der Waals surface area contributed by atoms with Crippen LogP contribution >= 0.6 is 50.9 Å². The fourth-order valence-electron chi connectivity index (χ4n) is 3.56. The third-order valence-corrected chi connectivity index (χ3v) is 7.33. The predicted octanol–water partition coefficient (Wildman–Crippen LogP) is 5.81. The normalized spacial score (nSPS) is 11.0. The van der Waals surface area contributed by atoms with Crippen LogP contribution in [-0.4, -0.2) is 49.8 Å².